The van der Waals surface area contributed by atoms with Gasteiger partial charge in [-0.15, -0.1) is 0 Å². The van der Waals surface area contributed by atoms with Crippen molar-refractivity contribution in [2.75, 3.05) is 12.3 Å². The number of amides is 1. The fraction of sp³-hybridized carbons (Fsp3) is 0.462. The molecule has 1 amide bonds. The Morgan fingerprint density at radius 2 is 2.20 bits per heavy atom. The summed E-state index contributed by atoms with van der Waals surface area (Å²) in [6.07, 6.45) is 4.37. The van der Waals surface area contributed by atoms with Gasteiger partial charge in [-0.2, -0.15) is 0 Å². The number of nitro groups is 1. The zero-order chi connectivity index (χ0) is 14.7. The van der Waals surface area contributed by atoms with Gasteiger partial charge >= 0.3 is 0 Å². The van der Waals surface area contributed by atoms with E-state index in [4.69, 9.17) is 5.73 Å². The highest BCUT2D eigenvalue weighted by Crippen LogP contribution is 2.33. The van der Waals surface area contributed by atoms with Crippen molar-refractivity contribution in [3.05, 3.63) is 33.6 Å². The first-order valence-corrected chi connectivity index (χ1v) is 6.50. The molecule has 0 aromatic heterocycles. The number of rotatable bonds is 6. The third-order valence-electron chi connectivity index (χ3n) is 3.33. The van der Waals surface area contributed by atoms with Gasteiger partial charge in [0.05, 0.1) is 16.7 Å². The van der Waals surface area contributed by atoms with Crippen LogP contribution in [-0.2, 0) is 0 Å². The van der Waals surface area contributed by atoms with E-state index in [0.717, 1.165) is 24.8 Å². The van der Waals surface area contributed by atoms with E-state index < -0.39 is 22.3 Å². The maximum atomic E-state index is 13.2. The van der Waals surface area contributed by atoms with Crippen molar-refractivity contribution >= 4 is 17.3 Å². The molecule has 0 atom stereocenters. The Balaban J connectivity index is 2.03. The fourth-order valence-corrected chi connectivity index (χ4v) is 2.01. The van der Waals surface area contributed by atoms with Gasteiger partial charge in [-0.1, -0.05) is 12.8 Å². The van der Waals surface area contributed by atoms with Crippen molar-refractivity contribution < 1.29 is 14.1 Å². The van der Waals surface area contributed by atoms with Crippen LogP contribution in [0.1, 0.15) is 36.0 Å². The predicted molar refractivity (Wildman–Crippen MR) is 71.8 cm³/mol. The van der Waals surface area contributed by atoms with E-state index in [-0.39, 0.29) is 11.3 Å². The molecule has 1 saturated carbocycles. The number of carbonyl (C=O) groups excluding carboxylic acids is 1. The average Bonchev–Trinajstić information content (AvgIpc) is 3.21. The molecular formula is C13H16FN3O3. The first-order chi connectivity index (χ1) is 9.49. The molecule has 1 aliphatic carbocycles. The van der Waals surface area contributed by atoms with Gasteiger partial charge in [-0.25, -0.2) is 4.39 Å². The Morgan fingerprint density at radius 1 is 1.50 bits per heavy atom. The zero-order valence-corrected chi connectivity index (χ0v) is 10.9. The molecule has 1 aromatic rings. The van der Waals surface area contributed by atoms with E-state index in [1.54, 1.807) is 0 Å². The summed E-state index contributed by atoms with van der Waals surface area (Å²) in [6, 6.07) is 1.68. The van der Waals surface area contributed by atoms with E-state index in [0.29, 0.717) is 12.6 Å². The molecule has 1 aliphatic rings. The smallest absolute Gasteiger partial charge is 0.285 e. The lowest BCUT2D eigenvalue weighted by Gasteiger charge is -2.07. The van der Waals surface area contributed by atoms with Gasteiger partial charge < -0.3 is 11.1 Å². The van der Waals surface area contributed by atoms with Crippen LogP contribution in [0.5, 0.6) is 0 Å². The van der Waals surface area contributed by atoms with E-state index in [1.807, 2.05) is 0 Å². The molecule has 0 aliphatic heterocycles. The van der Waals surface area contributed by atoms with Crippen molar-refractivity contribution in [3.63, 3.8) is 0 Å². The van der Waals surface area contributed by atoms with Crippen LogP contribution in [0.25, 0.3) is 0 Å². The summed E-state index contributed by atoms with van der Waals surface area (Å²) < 4.78 is 13.2. The summed E-state index contributed by atoms with van der Waals surface area (Å²) in [5.74, 6) is -0.733. The van der Waals surface area contributed by atoms with Gasteiger partial charge in [0.15, 0.2) is 5.82 Å². The second kappa shape index (κ2) is 5.85. The Bertz CT molecular complexity index is 544. The third-order valence-corrected chi connectivity index (χ3v) is 3.33. The lowest BCUT2D eigenvalue weighted by atomic mass is 10.1. The first-order valence-electron chi connectivity index (χ1n) is 6.50. The molecule has 0 heterocycles. The molecule has 20 heavy (non-hydrogen) atoms. The van der Waals surface area contributed by atoms with Crippen molar-refractivity contribution in [2.45, 2.75) is 25.7 Å². The quantitative estimate of drug-likeness (QED) is 0.361. The van der Waals surface area contributed by atoms with Gasteiger partial charge in [-0.05, 0) is 24.8 Å². The molecule has 0 radical (unpaired) electrons. The van der Waals surface area contributed by atoms with Gasteiger partial charge in [0.25, 0.3) is 11.6 Å². The summed E-state index contributed by atoms with van der Waals surface area (Å²) in [5.41, 5.74) is 4.29. The van der Waals surface area contributed by atoms with Gasteiger partial charge in [-0.3, -0.25) is 14.9 Å². The highest BCUT2D eigenvalue weighted by molar-refractivity contribution is 5.99. The molecule has 1 fully saturated rings. The van der Waals surface area contributed by atoms with E-state index in [1.165, 1.54) is 12.8 Å². The lowest BCUT2D eigenvalue weighted by molar-refractivity contribution is -0.385. The average molecular weight is 281 g/mol. The Morgan fingerprint density at radius 3 is 2.80 bits per heavy atom. The minimum Gasteiger partial charge on any atom is -0.396 e. The molecule has 3 N–H and O–H groups in total. The van der Waals surface area contributed by atoms with Crippen LogP contribution in [0.15, 0.2) is 12.1 Å². The minimum atomic E-state index is -0.901. The van der Waals surface area contributed by atoms with E-state index >= 15 is 0 Å². The van der Waals surface area contributed by atoms with Gasteiger partial charge in [0.2, 0.25) is 0 Å². The molecular weight excluding hydrogens is 265 g/mol. The van der Waals surface area contributed by atoms with E-state index in [2.05, 4.69) is 5.32 Å². The van der Waals surface area contributed by atoms with E-state index in [9.17, 15) is 19.3 Å². The highest BCUT2D eigenvalue weighted by Gasteiger charge is 2.23. The molecule has 0 bridgehead atoms. The molecule has 0 spiro atoms. The molecule has 6 nitrogen and oxygen atoms in total. The maximum Gasteiger partial charge on any atom is 0.285 e. The Hall–Kier alpha value is -2.18. The predicted octanol–water partition coefficient (Wildman–Crippen LogP) is 2.24. The summed E-state index contributed by atoms with van der Waals surface area (Å²) >= 11 is 0. The Kier molecular flexibility index (Phi) is 4.16. The van der Waals surface area contributed by atoms with Crippen LogP contribution in [0.3, 0.4) is 0 Å². The highest BCUT2D eigenvalue weighted by atomic mass is 19.1. The normalized spacial score (nSPS) is 14.1. The molecule has 0 unspecified atom stereocenters. The van der Waals surface area contributed by atoms with Crippen LogP contribution in [0.2, 0.25) is 0 Å². The lowest BCUT2D eigenvalue weighted by Crippen LogP contribution is -2.25. The molecule has 2 rings (SSSR count). The van der Waals surface area contributed by atoms with Crippen LogP contribution < -0.4 is 11.1 Å². The van der Waals surface area contributed by atoms with Crippen molar-refractivity contribution in [2.24, 2.45) is 5.92 Å². The monoisotopic (exact) mass is 281 g/mol. The summed E-state index contributed by atoms with van der Waals surface area (Å²) in [6.45, 7) is 0.448. The number of nitrogens with two attached hydrogens (primary N) is 1. The number of hydrogen-bond donors (Lipinski definition) is 2. The van der Waals surface area contributed by atoms with Crippen molar-refractivity contribution in [1.82, 2.24) is 5.32 Å². The maximum absolute atomic E-state index is 13.2. The van der Waals surface area contributed by atoms with Crippen molar-refractivity contribution in [1.29, 1.82) is 0 Å². The third kappa shape index (κ3) is 3.43. The summed E-state index contributed by atoms with van der Waals surface area (Å²) in [5, 5.41) is 13.4. The molecule has 108 valence electrons. The topological polar surface area (TPSA) is 98.3 Å². The minimum absolute atomic E-state index is 0.208. The van der Waals surface area contributed by atoms with Gasteiger partial charge in [0.1, 0.15) is 5.56 Å². The number of nitrogens with zero attached hydrogens (tertiary/aromatic N) is 1. The van der Waals surface area contributed by atoms with Gasteiger partial charge in [0, 0.05) is 6.54 Å². The Labute approximate surface area is 115 Å². The molecule has 1 aromatic carbocycles. The number of nitrogen functional groups attached to an aromatic ring is 1. The zero-order valence-electron chi connectivity index (χ0n) is 10.9. The number of nitrogens with one attached hydrogen (secondary N) is 1. The number of hydrogen-bond acceptors (Lipinski definition) is 4. The van der Waals surface area contributed by atoms with Crippen LogP contribution in [0.4, 0.5) is 15.8 Å². The van der Waals surface area contributed by atoms with Crippen LogP contribution in [0, 0.1) is 21.8 Å². The number of nitro benzene ring substituents is 1. The van der Waals surface area contributed by atoms with Crippen LogP contribution >= 0.6 is 0 Å². The first kappa shape index (κ1) is 14.2. The summed E-state index contributed by atoms with van der Waals surface area (Å²) in [7, 11) is 0. The standard InChI is InChI=1S/C13H16FN3O3/c14-10-7-12(17(19)20)9(6-11(10)15)13(18)16-5-1-2-8-3-4-8/h6-8H,1-5,15H2,(H,16,18). The summed E-state index contributed by atoms with van der Waals surface area (Å²) in [4.78, 5) is 21.9. The number of benzene rings is 1. The van der Waals surface area contributed by atoms with Crippen molar-refractivity contribution in [3.8, 4) is 0 Å². The molecule has 0 saturated heterocycles. The fourth-order valence-electron chi connectivity index (χ4n) is 2.01. The van der Waals surface area contributed by atoms with Crippen LogP contribution in [-0.4, -0.2) is 17.4 Å². The SMILES string of the molecule is Nc1cc(C(=O)NCCCC2CC2)c([N+](=O)[O-])cc1F. The number of halogens is 1. The second-order valence-corrected chi connectivity index (χ2v) is 4.99. The molecule has 7 heteroatoms. The largest absolute Gasteiger partial charge is 0.396 e. The number of carbonyl (C=O) groups is 1. The second-order valence-electron chi connectivity index (χ2n) is 4.99. The number of anilines is 1.